The highest BCUT2D eigenvalue weighted by molar-refractivity contribution is 5.77. The standard InChI is InChI=1S/C21H31NO2/c1-17-12-14-22(15-13-17)20(23)16-21(24,18-8-4-2-5-9-18)19-10-6-3-7-11-19/h2,4-5,8-9,17,19,24H,3,6-7,10-16H2,1H3. The Balaban J connectivity index is 1.78. The van der Waals surface area contributed by atoms with E-state index >= 15 is 0 Å². The molecule has 1 saturated carbocycles. The lowest BCUT2D eigenvalue weighted by molar-refractivity contribution is -0.142. The summed E-state index contributed by atoms with van der Waals surface area (Å²) in [7, 11) is 0. The fourth-order valence-corrected chi connectivity index (χ4v) is 4.39. The molecule has 1 unspecified atom stereocenters. The van der Waals surface area contributed by atoms with E-state index in [9.17, 15) is 9.90 Å². The van der Waals surface area contributed by atoms with E-state index in [0.717, 1.165) is 57.2 Å². The number of carbonyl (C=O) groups excluding carboxylic acids is 1. The summed E-state index contributed by atoms with van der Waals surface area (Å²) in [5.41, 5.74) is -0.0995. The molecular weight excluding hydrogens is 298 g/mol. The monoisotopic (exact) mass is 329 g/mol. The maximum absolute atomic E-state index is 12.9. The molecule has 0 radical (unpaired) electrons. The Morgan fingerprint density at radius 2 is 1.71 bits per heavy atom. The van der Waals surface area contributed by atoms with Crippen LogP contribution in [0.3, 0.4) is 0 Å². The Kier molecular flexibility index (Phi) is 5.60. The minimum Gasteiger partial charge on any atom is -0.384 e. The van der Waals surface area contributed by atoms with E-state index in [1.165, 1.54) is 6.42 Å². The van der Waals surface area contributed by atoms with Gasteiger partial charge in [-0.3, -0.25) is 4.79 Å². The first-order chi connectivity index (χ1) is 11.6. The number of rotatable bonds is 4. The topological polar surface area (TPSA) is 40.5 Å². The summed E-state index contributed by atoms with van der Waals surface area (Å²) in [5, 5.41) is 11.6. The first-order valence-electron chi connectivity index (χ1n) is 9.65. The highest BCUT2D eigenvalue weighted by Crippen LogP contribution is 2.42. The lowest BCUT2D eigenvalue weighted by Crippen LogP contribution is -2.45. The van der Waals surface area contributed by atoms with Crippen molar-refractivity contribution in [3.05, 3.63) is 35.9 Å². The first kappa shape index (κ1) is 17.5. The largest absolute Gasteiger partial charge is 0.384 e. The highest BCUT2D eigenvalue weighted by Gasteiger charge is 2.41. The Morgan fingerprint density at radius 3 is 2.33 bits per heavy atom. The van der Waals surface area contributed by atoms with Gasteiger partial charge in [-0.1, -0.05) is 56.5 Å². The van der Waals surface area contributed by atoms with Crippen LogP contribution in [0.5, 0.6) is 0 Å². The molecule has 1 saturated heterocycles. The van der Waals surface area contributed by atoms with Crippen molar-refractivity contribution in [2.75, 3.05) is 13.1 Å². The Bertz CT molecular complexity index is 530. The average Bonchev–Trinajstić information content (AvgIpc) is 2.63. The van der Waals surface area contributed by atoms with Crippen molar-refractivity contribution in [1.29, 1.82) is 0 Å². The zero-order valence-corrected chi connectivity index (χ0v) is 14.9. The molecule has 1 heterocycles. The summed E-state index contributed by atoms with van der Waals surface area (Å²) in [6.45, 7) is 3.94. The maximum atomic E-state index is 12.9. The molecule has 1 aliphatic heterocycles. The van der Waals surface area contributed by atoms with E-state index in [4.69, 9.17) is 0 Å². The van der Waals surface area contributed by atoms with Gasteiger partial charge in [-0.25, -0.2) is 0 Å². The molecule has 132 valence electrons. The van der Waals surface area contributed by atoms with Gasteiger partial charge in [0.05, 0.1) is 6.42 Å². The van der Waals surface area contributed by atoms with Gasteiger partial charge in [0.25, 0.3) is 0 Å². The number of nitrogens with zero attached hydrogens (tertiary/aromatic N) is 1. The molecule has 24 heavy (non-hydrogen) atoms. The minimum atomic E-state index is -1.01. The molecule has 0 aromatic heterocycles. The number of hydrogen-bond donors (Lipinski definition) is 1. The Labute approximate surface area is 146 Å². The predicted octanol–water partition coefficient (Wildman–Crippen LogP) is 4.10. The van der Waals surface area contributed by atoms with Crippen LogP contribution < -0.4 is 0 Å². The number of benzene rings is 1. The first-order valence-corrected chi connectivity index (χ1v) is 9.65. The van der Waals surface area contributed by atoms with Crippen molar-refractivity contribution in [3.63, 3.8) is 0 Å². The number of piperidine rings is 1. The van der Waals surface area contributed by atoms with Gasteiger partial charge in [-0.15, -0.1) is 0 Å². The van der Waals surface area contributed by atoms with Crippen molar-refractivity contribution in [2.45, 2.75) is 63.9 Å². The van der Waals surface area contributed by atoms with Crippen LogP contribution in [0.25, 0.3) is 0 Å². The molecule has 1 N–H and O–H groups in total. The van der Waals surface area contributed by atoms with Crippen LogP contribution in [-0.2, 0) is 10.4 Å². The van der Waals surface area contributed by atoms with Gasteiger partial charge in [0.1, 0.15) is 5.60 Å². The molecule has 1 aromatic carbocycles. The highest BCUT2D eigenvalue weighted by atomic mass is 16.3. The van der Waals surface area contributed by atoms with Crippen LogP contribution in [-0.4, -0.2) is 29.0 Å². The molecule has 3 heteroatoms. The second-order valence-corrected chi connectivity index (χ2v) is 7.87. The quantitative estimate of drug-likeness (QED) is 0.903. The van der Waals surface area contributed by atoms with Gasteiger partial charge < -0.3 is 10.0 Å². The van der Waals surface area contributed by atoms with Gasteiger partial charge in [-0.2, -0.15) is 0 Å². The molecule has 1 aliphatic carbocycles. The zero-order chi connectivity index (χ0) is 17.0. The third-order valence-electron chi connectivity index (χ3n) is 6.11. The van der Waals surface area contributed by atoms with E-state index in [1.807, 2.05) is 35.2 Å². The average molecular weight is 329 g/mol. The van der Waals surface area contributed by atoms with Gasteiger partial charge in [0.15, 0.2) is 0 Å². The number of likely N-dealkylation sites (tertiary alicyclic amines) is 1. The van der Waals surface area contributed by atoms with Crippen LogP contribution in [0, 0.1) is 11.8 Å². The molecule has 1 amide bonds. The lowest BCUT2D eigenvalue weighted by Gasteiger charge is -2.40. The fraction of sp³-hybridized carbons (Fsp3) is 0.667. The number of aliphatic hydroxyl groups is 1. The molecule has 0 spiro atoms. The molecule has 3 rings (SSSR count). The van der Waals surface area contributed by atoms with Gasteiger partial charge >= 0.3 is 0 Å². The van der Waals surface area contributed by atoms with E-state index in [2.05, 4.69) is 6.92 Å². The van der Waals surface area contributed by atoms with Crippen LogP contribution in [0.15, 0.2) is 30.3 Å². The van der Waals surface area contributed by atoms with Crippen molar-refractivity contribution >= 4 is 5.91 Å². The second-order valence-electron chi connectivity index (χ2n) is 7.87. The van der Waals surface area contributed by atoms with Crippen molar-refractivity contribution in [3.8, 4) is 0 Å². The number of amides is 1. The molecule has 1 aromatic rings. The minimum absolute atomic E-state index is 0.124. The van der Waals surface area contributed by atoms with Crippen molar-refractivity contribution in [1.82, 2.24) is 4.90 Å². The van der Waals surface area contributed by atoms with E-state index in [0.29, 0.717) is 5.92 Å². The van der Waals surface area contributed by atoms with Crippen LogP contribution in [0.2, 0.25) is 0 Å². The Hall–Kier alpha value is -1.35. The molecule has 1 atom stereocenters. The molecule has 2 aliphatic rings. The molecule has 3 nitrogen and oxygen atoms in total. The van der Waals surface area contributed by atoms with E-state index < -0.39 is 5.60 Å². The van der Waals surface area contributed by atoms with Crippen LogP contribution in [0.4, 0.5) is 0 Å². The van der Waals surface area contributed by atoms with Crippen LogP contribution in [0.1, 0.15) is 63.9 Å². The normalized spacial score (nSPS) is 23.0. The van der Waals surface area contributed by atoms with Crippen molar-refractivity contribution in [2.24, 2.45) is 11.8 Å². The zero-order valence-electron chi connectivity index (χ0n) is 14.9. The molecule has 0 bridgehead atoms. The SMILES string of the molecule is CC1CCN(C(=O)CC(O)(c2ccccc2)C2CCCCC2)CC1. The summed E-state index contributed by atoms with van der Waals surface area (Å²) >= 11 is 0. The van der Waals surface area contributed by atoms with Gasteiger partial charge in [0, 0.05) is 13.1 Å². The maximum Gasteiger partial charge on any atom is 0.225 e. The lowest BCUT2D eigenvalue weighted by atomic mass is 9.71. The van der Waals surface area contributed by atoms with Crippen molar-refractivity contribution < 1.29 is 9.90 Å². The van der Waals surface area contributed by atoms with Gasteiger partial charge in [-0.05, 0) is 43.1 Å². The summed E-state index contributed by atoms with van der Waals surface area (Å²) in [6, 6.07) is 9.88. The molecule has 2 fully saturated rings. The van der Waals surface area contributed by atoms with E-state index in [-0.39, 0.29) is 18.2 Å². The fourth-order valence-electron chi connectivity index (χ4n) is 4.39. The van der Waals surface area contributed by atoms with Crippen LogP contribution >= 0.6 is 0 Å². The number of carbonyl (C=O) groups is 1. The predicted molar refractivity (Wildman–Crippen MR) is 96.5 cm³/mol. The van der Waals surface area contributed by atoms with Gasteiger partial charge in [0.2, 0.25) is 5.91 Å². The molecular formula is C21H31NO2. The van der Waals surface area contributed by atoms with E-state index in [1.54, 1.807) is 0 Å². The summed E-state index contributed by atoms with van der Waals surface area (Å²) in [5.74, 6) is 1.03. The summed E-state index contributed by atoms with van der Waals surface area (Å²) in [4.78, 5) is 14.9. The Morgan fingerprint density at radius 1 is 1.08 bits per heavy atom. The summed E-state index contributed by atoms with van der Waals surface area (Å²) < 4.78 is 0. The smallest absolute Gasteiger partial charge is 0.225 e. The third kappa shape index (κ3) is 3.83. The summed E-state index contributed by atoms with van der Waals surface area (Å²) in [6.07, 6.45) is 8.02. The number of hydrogen-bond acceptors (Lipinski definition) is 2. The third-order valence-corrected chi connectivity index (χ3v) is 6.11. The second kappa shape index (κ2) is 7.69.